The van der Waals surface area contributed by atoms with E-state index in [-0.39, 0.29) is 0 Å². The highest BCUT2D eigenvalue weighted by atomic mass is 35.5. The fourth-order valence-electron chi connectivity index (χ4n) is 2.05. The number of rotatable bonds is 5. The van der Waals surface area contributed by atoms with Crippen LogP contribution in [0.5, 0.6) is 0 Å². The van der Waals surface area contributed by atoms with Crippen LogP contribution in [0, 0.1) is 0 Å². The summed E-state index contributed by atoms with van der Waals surface area (Å²) in [4.78, 5) is 4.19. The number of benzene rings is 1. The Morgan fingerprint density at radius 2 is 1.95 bits per heavy atom. The summed E-state index contributed by atoms with van der Waals surface area (Å²) in [5.41, 5.74) is 2.03. The lowest BCUT2D eigenvalue weighted by atomic mass is 10.1. The van der Waals surface area contributed by atoms with Gasteiger partial charge in [-0.05, 0) is 30.2 Å². The van der Waals surface area contributed by atoms with Crippen LogP contribution in [0.1, 0.15) is 11.3 Å². The third-order valence-corrected chi connectivity index (χ3v) is 4.02. The maximum Gasteiger partial charge on any atom is 0.191 e. The van der Waals surface area contributed by atoms with Gasteiger partial charge < -0.3 is 10.6 Å². The number of aryl methyl sites for hydroxylation is 1. The van der Waals surface area contributed by atoms with E-state index in [1.165, 1.54) is 0 Å². The van der Waals surface area contributed by atoms with Gasteiger partial charge in [-0.1, -0.05) is 29.3 Å². The normalized spacial score (nSPS) is 11.5. The summed E-state index contributed by atoms with van der Waals surface area (Å²) in [5.74, 6) is 0.726. The first-order valence-electron chi connectivity index (χ1n) is 6.96. The molecule has 5 nitrogen and oxygen atoms in total. The highest BCUT2D eigenvalue weighted by Crippen LogP contribution is 2.24. The molecule has 0 aliphatic rings. The van der Waals surface area contributed by atoms with Crippen LogP contribution in [0.3, 0.4) is 0 Å². The molecule has 0 aliphatic heterocycles. The van der Waals surface area contributed by atoms with Crippen LogP contribution in [0.2, 0.25) is 10.0 Å². The number of hydrogen-bond acceptors (Lipinski definition) is 2. The topological polar surface area (TPSA) is 54.2 Å². The van der Waals surface area contributed by atoms with Crippen LogP contribution in [0.4, 0.5) is 0 Å². The smallest absolute Gasteiger partial charge is 0.191 e. The summed E-state index contributed by atoms with van der Waals surface area (Å²) in [5, 5.41) is 12.0. The number of hydrogen-bond donors (Lipinski definition) is 2. The molecule has 2 aromatic rings. The first kappa shape index (κ1) is 16.6. The molecule has 1 heterocycles. The quantitative estimate of drug-likeness (QED) is 0.650. The van der Waals surface area contributed by atoms with E-state index in [2.05, 4.69) is 20.7 Å². The molecule has 0 radical (unpaired) electrons. The molecular formula is C15H19Cl2N5. The number of aromatic nitrogens is 2. The number of halogens is 2. The predicted octanol–water partition coefficient (Wildman–Crippen LogP) is 2.63. The largest absolute Gasteiger partial charge is 0.356 e. The highest BCUT2D eigenvalue weighted by molar-refractivity contribution is 6.35. The van der Waals surface area contributed by atoms with Gasteiger partial charge in [-0.25, -0.2) is 0 Å². The van der Waals surface area contributed by atoms with E-state index >= 15 is 0 Å². The molecule has 0 fully saturated rings. The summed E-state index contributed by atoms with van der Waals surface area (Å²) in [6.45, 7) is 1.34. The molecule has 0 saturated carbocycles. The SMILES string of the molecule is CN=C(NCCc1c(Cl)cccc1Cl)NCc1ccnn1C. The van der Waals surface area contributed by atoms with Crippen LogP contribution >= 0.6 is 23.2 Å². The number of guanidine groups is 1. The van der Waals surface area contributed by atoms with Crippen molar-refractivity contribution in [1.82, 2.24) is 20.4 Å². The lowest BCUT2D eigenvalue weighted by Gasteiger charge is -2.13. The van der Waals surface area contributed by atoms with Crippen molar-refractivity contribution in [3.05, 3.63) is 51.8 Å². The molecule has 2 rings (SSSR count). The summed E-state index contributed by atoms with van der Waals surface area (Å²) in [7, 11) is 3.65. The second-order valence-electron chi connectivity index (χ2n) is 4.75. The van der Waals surface area contributed by atoms with Crippen LogP contribution in [0.15, 0.2) is 35.5 Å². The second-order valence-corrected chi connectivity index (χ2v) is 5.56. The Labute approximate surface area is 140 Å². The van der Waals surface area contributed by atoms with Gasteiger partial charge in [0, 0.05) is 36.9 Å². The minimum Gasteiger partial charge on any atom is -0.356 e. The zero-order valence-electron chi connectivity index (χ0n) is 12.6. The van der Waals surface area contributed by atoms with Crippen molar-refractivity contribution in [1.29, 1.82) is 0 Å². The summed E-state index contributed by atoms with van der Waals surface area (Å²) in [6, 6.07) is 7.50. The van der Waals surface area contributed by atoms with Gasteiger partial charge >= 0.3 is 0 Å². The van der Waals surface area contributed by atoms with E-state index in [0.717, 1.165) is 23.6 Å². The molecule has 2 N–H and O–H groups in total. The van der Waals surface area contributed by atoms with E-state index < -0.39 is 0 Å². The van der Waals surface area contributed by atoms with E-state index in [1.807, 2.05) is 36.0 Å². The number of nitrogens with zero attached hydrogens (tertiary/aromatic N) is 3. The minimum absolute atomic E-state index is 0.656. The standard InChI is InChI=1S/C15H19Cl2N5/c1-18-15(20-10-11-6-9-21-22(11)2)19-8-7-12-13(16)4-3-5-14(12)17/h3-6,9H,7-8,10H2,1-2H3,(H2,18,19,20). The minimum atomic E-state index is 0.656. The second kappa shape index (κ2) is 8.06. The molecule has 0 spiro atoms. The highest BCUT2D eigenvalue weighted by Gasteiger charge is 2.06. The molecule has 0 saturated heterocycles. The summed E-state index contributed by atoms with van der Waals surface area (Å²) < 4.78 is 1.82. The average molecular weight is 340 g/mol. The molecule has 0 aliphatic carbocycles. The van der Waals surface area contributed by atoms with Crippen molar-refractivity contribution >= 4 is 29.2 Å². The number of nitrogens with one attached hydrogen (secondary N) is 2. The molecule has 0 unspecified atom stereocenters. The Kier molecular flexibility index (Phi) is 6.10. The maximum atomic E-state index is 6.16. The van der Waals surface area contributed by atoms with Gasteiger partial charge in [0.25, 0.3) is 0 Å². The third-order valence-electron chi connectivity index (χ3n) is 3.31. The zero-order valence-corrected chi connectivity index (χ0v) is 14.1. The Balaban J connectivity index is 1.83. The van der Waals surface area contributed by atoms with Crippen LogP contribution < -0.4 is 10.6 Å². The van der Waals surface area contributed by atoms with Crippen molar-refractivity contribution in [2.75, 3.05) is 13.6 Å². The van der Waals surface area contributed by atoms with Crippen LogP contribution in [-0.4, -0.2) is 29.3 Å². The Morgan fingerprint density at radius 3 is 2.55 bits per heavy atom. The van der Waals surface area contributed by atoms with Gasteiger partial charge in [0.2, 0.25) is 0 Å². The van der Waals surface area contributed by atoms with Crippen molar-refractivity contribution in [2.24, 2.45) is 12.0 Å². The van der Waals surface area contributed by atoms with Crippen molar-refractivity contribution in [2.45, 2.75) is 13.0 Å². The van der Waals surface area contributed by atoms with E-state index in [4.69, 9.17) is 23.2 Å². The van der Waals surface area contributed by atoms with Gasteiger partial charge in [-0.15, -0.1) is 0 Å². The lowest BCUT2D eigenvalue weighted by Crippen LogP contribution is -2.38. The molecule has 0 atom stereocenters. The number of aliphatic imine (C=N–C) groups is 1. The molecule has 118 valence electrons. The van der Waals surface area contributed by atoms with Gasteiger partial charge in [-0.2, -0.15) is 5.10 Å². The zero-order chi connectivity index (χ0) is 15.9. The lowest BCUT2D eigenvalue weighted by molar-refractivity contribution is 0.684. The van der Waals surface area contributed by atoms with Gasteiger partial charge in [0.15, 0.2) is 5.96 Å². The van der Waals surface area contributed by atoms with Crippen LogP contribution in [-0.2, 0) is 20.0 Å². The molecule has 7 heteroatoms. The molecule has 0 amide bonds. The first-order chi connectivity index (χ1) is 10.6. The maximum absolute atomic E-state index is 6.16. The molecule has 22 heavy (non-hydrogen) atoms. The third kappa shape index (κ3) is 4.39. The van der Waals surface area contributed by atoms with Crippen LogP contribution in [0.25, 0.3) is 0 Å². The van der Waals surface area contributed by atoms with Gasteiger partial charge in [-0.3, -0.25) is 9.67 Å². The van der Waals surface area contributed by atoms with E-state index in [9.17, 15) is 0 Å². The van der Waals surface area contributed by atoms with E-state index in [1.54, 1.807) is 13.2 Å². The molecule has 0 bridgehead atoms. The summed E-state index contributed by atoms with van der Waals surface area (Å²) in [6.07, 6.45) is 2.50. The van der Waals surface area contributed by atoms with Crippen molar-refractivity contribution < 1.29 is 0 Å². The van der Waals surface area contributed by atoms with Crippen molar-refractivity contribution in [3.63, 3.8) is 0 Å². The van der Waals surface area contributed by atoms with Crippen molar-refractivity contribution in [3.8, 4) is 0 Å². The first-order valence-corrected chi connectivity index (χ1v) is 7.71. The molecular weight excluding hydrogens is 321 g/mol. The Hall–Kier alpha value is -1.72. The Morgan fingerprint density at radius 1 is 1.23 bits per heavy atom. The molecule has 1 aromatic heterocycles. The average Bonchev–Trinajstić information content (AvgIpc) is 2.90. The fraction of sp³-hybridized carbons (Fsp3) is 0.333. The van der Waals surface area contributed by atoms with E-state index in [0.29, 0.717) is 23.1 Å². The summed E-state index contributed by atoms with van der Waals surface area (Å²) >= 11 is 12.3. The molecule has 1 aromatic carbocycles. The predicted molar refractivity (Wildman–Crippen MR) is 91.6 cm³/mol. The van der Waals surface area contributed by atoms with Gasteiger partial charge in [0.1, 0.15) is 0 Å². The monoisotopic (exact) mass is 339 g/mol. The Bertz CT molecular complexity index is 631. The van der Waals surface area contributed by atoms with Gasteiger partial charge in [0.05, 0.1) is 12.2 Å². The fourth-order valence-corrected chi connectivity index (χ4v) is 2.63.